The number of allylic oxidation sites excluding steroid dienone is 1. The minimum Gasteiger partial charge on any atom is -0.473 e. The average molecular weight is 509 g/mol. The number of aryl methyl sites for hydroxylation is 1. The first kappa shape index (κ1) is 28.5. The summed E-state index contributed by atoms with van der Waals surface area (Å²) in [6, 6.07) is 30.8. The van der Waals surface area contributed by atoms with Gasteiger partial charge in [0.05, 0.1) is 0 Å². The molecule has 0 saturated heterocycles. The normalized spacial score (nSPS) is 11.1. The molecule has 0 aliphatic rings. The molecule has 198 valence electrons. The van der Waals surface area contributed by atoms with E-state index in [4.69, 9.17) is 14.5 Å². The number of pyridine rings is 1. The number of aromatic nitrogens is 1. The quantitative estimate of drug-likeness (QED) is 0.232. The number of nitrogens with zero attached hydrogens (tertiary/aromatic N) is 1. The van der Waals surface area contributed by atoms with E-state index < -0.39 is 0 Å². The topological polar surface area (TPSA) is 43.4 Å². The third kappa shape index (κ3) is 7.48. The fourth-order valence-corrected chi connectivity index (χ4v) is 4.13. The number of nitrogens with one attached hydrogen (secondary N) is 1. The molecule has 4 nitrogen and oxygen atoms in total. The van der Waals surface area contributed by atoms with Crippen LogP contribution in [0.1, 0.15) is 61.9 Å². The number of anilines is 1. The summed E-state index contributed by atoms with van der Waals surface area (Å²) in [6.45, 7) is 11.3. The Morgan fingerprint density at radius 1 is 0.763 bits per heavy atom. The molecule has 4 heteroatoms. The molecule has 3 aromatic carbocycles. The molecule has 4 rings (SSSR count). The van der Waals surface area contributed by atoms with Gasteiger partial charge in [-0.05, 0) is 54.7 Å². The van der Waals surface area contributed by atoms with Gasteiger partial charge in [-0.1, -0.05) is 99.1 Å². The van der Waals surface area contributed by atoms with E-state index in [0.29, 0.717) is 25.0 Å². The van der Waals surface area contributed by atoms with Crippen molar-refractivity contribution in [1.29, 1.82) is 0 Å². The fourth-order valence-electron chi connectivity index (χ4n) is 4.13. The predicted octanol–water partition coefficient (Wildman–Crippen LogP) is 8.85. The van der Waals surface area contributed by atoms with Crippen LogP contribution in [0.15, 0.2) is 96.6 Å². The minimum absolute atomic E-state index is 0.425. The zero-order valence-corrected chi connectivity index (χ0v) is 23.5. The fraction of sp³-hybridized carbons (Fsp3) is 0.265. The smallest absolute Gasteiger partial charge is 0.225 e. The summed E-state index contributed by atoms with van der Waals surface area (Å²) in [5.41, 5.74) is 8.95. The van der Waals surface area contributed by atoms with Gasteiger partial charge in [0.15, 0.2) is 0 Å². The lowest BCUT2D eigenvalue weighted by Crippen LogP contribution is -2.06. The third-order valence-corrected chi connectivity index (χ3v) is 6.22. The van der Waals surface area contributed by atoms with E-state index in [2.05, 4.69) is 62.5 Å². The van der Waals surface area contributed by atoms with Crippen molar-refractivity contribution < 1.29 is 9.47 Å². The van der Waals surface area contributed by atoms with Gasteiger partial charge in [-0.3, -0.25) is 0 Å². The van der Waals surface area contributed by atoms with E-state index in [1.807, 2.05) is 75.5 Å². The van der Waals surface area contributed by atoms with Crippen LogP contribution in [0, 0.1) is 6.92 Å². The summed E-state index contributed by atoms with van der Waals surface area (Å²) in [5, 5.41) is 3.37. The summed E-state index contributed by atoms with van der Waals surface area (Å²) in [5.74, 6) is 1.10. The predicted molar refractivity (Wildman–Crippen MR) is 160 cm³/mol. The van der Waals surface area contributed by atoms with Crippen LogP contribution >= 0.6 is 0 Å². The lowest BCUT2D eigenvalue weighted by atomic mass is 9.91. The van der Waals surface area contributed by atoms with Gasteiger partial charge in [0.25, 0.3) is 0 Å². The van der Waals surface area contributed by atoms with Crippen molar-refractivity contribution in [2.75, 3.05) is 12.4 Å². The summed E-state index contributed by atoms with van der Waals surface area (Å²) in [6.07, 6.45) is 0.913. The maximum Gasteiger partial charge on any atom is 0.225 e. The summed E-state index contributed by atoms with van der Waals surface area (Å²) in [7, 11) is 1.96. The van der Waals surface area contributed by atoms with Crippen LogP contribution in [0.2, 0.25) is 0 Å². The first-order chi connectivity index (χ1) is 18.6. The zero-order valence-electron chi connectivity index (χ0n) is 23.5. The number of hydrogen-bond acceptors (Lipinski definition) is 4. The molecule has 1 aromatic heterocycles. The zero-order chi connectivity index (χ0) is 27.3. The van der Waals surface area contributed by atoms with E-state index in [9.17, 15) is 0 Å². The number of hydrogen-bond donors (Lipinski definition) is 1. The maximum absolute atomic E-state index is 6.36. The Kier molecular flexibility index (Phi) is 11.0. The lowest BCUT2D eigenvalue weighted by Gasteiger charge is -2.20. The highest BCUT2D eigenvalue weighted by Crippen LogP contribution is 2.38. The molecule has 0 fully saturated rings. The highest BCUT2D eigenvalue weighted by atomic mass is 16.5. The molecule has 0 saturated carbocycles. The first-order valence-electron chi connectivity index (χ1n) is 13.4. The highest BCUT2D eigenvalue weighted by molar-refractivity contribution is 5.89. The van der Waals surface area contributed by atoms with Crippen LogP contribution in [0.4, 0.5) is 5.69 Å². The Morgan fingerprint density at radius 2 is 1.34 bits per heavy atom. The highest BCUT2D eigenvalue weighted by Gasteiger charge is 2.19. The maximum atomic E-state index is 6.36. The van der Waals surface area contributed by atoms with Gasteiger partial charge in [-0.2, -0.15) is 4.98 Å². The van der Waals surface area contributed by atoms with Crippen LogP contribution in [-0.4, -0.2) is 12.0 Å². The van der Waals surface area contributed by atoms with E-state index in [-0.39, 0.29) is 0 Å². The van der Waals surface area contributed by atoms with Crippen LogP contribution in [0.3, 0.4) is 0 Å². The molecule has 0 radical (unpaired) electrons. The molecule has 4 aromatic rings. The van der Waals surface area contributed by atoms with Crippen LogP contribution < -0.4 is 14.8 Å². The van der Waals surface area contributed by atoms with E-state index in [0.717, 1.165) is 39.9 Å². The summed E-state index contributed by atoms with van der Waals surface area (Å²) in [4.78, 5) is 4.84. The second kappa shape index (κ2) is 14.6. The van der Waals surface area contributed by atoms with Gasteiger partial charge in [0.2, 0.25) is 11.8 Å². The van der Waals surface area contributed by atoms with Gasteiger partial charge >= 0.3 is 0 Å². The second-order valence-corrected chi connectivity index (χ2v) is 8.86. The van der Waals surface area contributed by atoms with Crippen LogP contribution in [-0.2, 0) is 13.2 Å². The molecule has 0 aliphatic heterocycles. The molecule has 0 unspecified atom stereocenters. The van der Waals surface area contributed by atoms with Crippen molar-refractivity contribution in [3.8, 4) is 11.8 Å². The molecule has 38 heavy (non-hydrogen) atoms. The Hall–Kier alpha value is -4.05. The molecule has 1 N–H and O–H groups in total. The minimum atomic E-state index is 0.425. The Bertz CT molecular complexity index is 1320. The molecular weight excluding hydrogens is 468 g/mol. The molecular formula is C34H40N2O2. The molecule has 0 spiro atoms. The van der Waals surface area contributed by atoms with Crippen molar-refractivity contribution in [3.05, 3.63) is 124 Å². The standard InChI is InChI=1S/C32H34N2O2.C2H6/c1-5-24(3)31(27-17-16-23(2)20-29(27)33-4)28-18-19-30(35-21-25-12-8-6-9-13-25)34-32(28)36-22-26-14-10-7-11-15-26;1-2/h6-20,33H,5,21-22H2,1-4H3;1-2H3. The Balaban J connectivity index is 0.00000195. The van der Waals surface area contributed by atoms with Gasteiger partial charge in [0.1, 0.15) is 13.2 Å². The van der Waals surface area contributed by atoms with E-state index in [1.54, 1.807) is 0 Å². The number of benzene rings is 3. The molecule has 1 heterocycles. The molecule has 0 atom stereocenters. The van der Waals surface area contributed by atoms with Crippen molar-refractivity contribution in [3.63, 3.8) is 0 Å². The number of ether oxygens (including phenoxy) is 2. The van der Waals surface area contributed by atoms with E-state index in [1.165, 1.54) is 11.1 Å². The van der Waals surface area contributed by atoms with Gasteiger partial charge in [-0.15, -0.1) is 0 Å². The second-order valence-electron chi connectivity index (χ2n) is 8.86. The van der Waals surface area contributed by atoms with Crippen molar-refractivity contribution in [2.24, 2.45) is 0 Å². The monoisotopic (exact) mass is 508 g/mol. The first-order valence-corrected chi connectivity index (χ1v) is 13.4. The van der Waals surface area contributed by atoms with Gasteiger partial charge in [0, 0.05) is 29.9 Å². The van der Waals surface area contributed by atoms with Crippen molar-refractivity contribution in [1.82, 2.24) is 4.98 Å². The number of rotatable bonds is 10. The lowest BCUT2D eigenvalue weighted by molar-refractivity contribution is 0.267. The van der Waals surface area contributed by atoms with Gasteiger partial charge in [-0.25, -0.2) is 0 Å². The van der Waals surface area contributed by atoms with Crippen LogP contribution in [0.25, 0.3) is 5.57 Å². The van der Waals surface area contributed by atoms with Crippen molar-refractivity contribution in [2.45, 2.75) is 54.3 Å². The van der Waals surface area contributed by atoms with Gasteiger partial charge < -0.3 is 14.8 Å². The molecule has 0 amide bonds. The molecule has 0 bridgehead atoms. The van der Waals surface area contributed by atoms with E-state index >= 15 is 0 Å². The summed E-state index contributed by atoms with van der Waals surface area (Å²) >= 11 is 0. The SMILES string of the molecule is CC.CCC(C)=C(c1ccc(C)cc1NC)c1ccc(OCc2ccccc2)nc1OCc1ccccc1. The average Bonchev–Trinajstić information content (AvgIpc) is 2.98. The largest absolute Gasteiger partial charge is 0.473 e. The summed E-state index contributed by atoms with van der Waals surface area (Å²) < 4.78 is 12.4. The Labute approximate surface area is 228 Å². The third-order valence-electron chi connectivity index (χ3n) is 6.22. The Morgan fingerprint density at radius 3 is 1.92 bits per heavy atom. The van der Waals surface area contributed by atoms with Crippen LogP contribution in [0.5, 0.6) is 11.8 Å². The van der Waals surface area contributed by atoms with Crippen molar-refractivity contribution >= 4 is 11.3 Å². The molecule has 0 aliphatic carbocycles.